The third kappa shape index (κ3) is 23.1. The van der Waals surface area contributed by atoms with E-state index in [0.29, 0.717) is 5.92 Å². The van der Waals surface area contributed by atoms with Crippen LogP contribution in [0.4, 0.5) is 0 Å². The van der Waals surface area contributed by atoms with Gasteiger partial charge in [-0.15, -0.1) is 23.7 Å². The van der Waals surface area contributed by atoms with Crippen LogP contribution in [0.25, 0.3) is 19.4 Å². The average molecular weight is 1370 g/mol. The summed E-state index contributed by atoms with van der Waals surface area (Å²) in [6.07, 6.45) is 23.8. The lowest BCUT2D eigenvalue weighted by molar-refractivity contribution is 0.319. The number of rotatable bonds is 4. The van der Waals surface area contributed by atoms with Crippen LogP contribution in [0.3, 0.4) is 0 Å². The van der Waals surface area contributed by atoms with E-state index in [-0.39, 0.29) is 5.41 Å². The fraction of sp³-hybridized carbons (Fsp3) is 0.327. The molecule has 4 heteroatoms. The summed E-state index contributed by atoms with van der Waals surface area (Å²) in [6.45, 7) is 9.78. The Hall–Kier alpha value is -11.8. The lowest BCUT2D eigenvalue weighted by Crippen LogP contribution is -2.25. The van der Waals surface area contributed by atoms with Gasteiger partial charge in [0, 0.05) is 69.5 Å². The van der Waals surface area contributed by atoms with E-state index in [1.54, 1.807) is 28.2 Å². The number of hydrogen-bond acceptors (Lipinski definition) is 0. The molecule has 0 N–H and O–H groups in total. The maximum absolute atomic E-state index is 8.91. The van der Waals surface area contributed by atoms with Gasteiger partial charge in [0.2, 0.25) is 0 Å². The molecule has 8 aromatic rings. The summed E-state index contributed by atoms with van der Waals surface area (Å²) in [4.78, 5) is 16.2. The lowest BCUT2D eigenvalue weighted by Gasteiger charge is -2.34. The van der Waals surface area contributed by atoms with Crippen molar-refractivity contribution >= 4 is 0 Å². The van der Waals surface area contributed by atoms with E-state index in [2.05, 4.69) is 200 Å². The third-order valence-electron chi connectivity index (χ3n) is 19.6. The molecule has 0 bridgehead atoms. The van der Waals surface area contributed by atoms with Crippen molar-refractivity contribution in [3.8, 4) is 119 Å². The molecule has 4 saturated carbocycles. The molecule has 4 aliphatic carbocycles. The molecule has 0 unspecified atom stereocenters. The van der Waals surface area contributed by atoms with Crippen molar-refractivity contribution < 1.29 is 2.74 Å². The Morgan fingerprint density at radius 2 is 0.543 bits per heavy atom. The maximum atomic E-state index is 8.91. The van der Waals surface area contributed by atoms with Gasteiger partial charge in [-0.2, -0.15) is 0 Å². The Morgan fingerprint density at radius 3 is 0.962 bits per heavy atom. The Labute approximate surface area is 632 Å². The summed E-state index contributed by atoms with van der Waals surface area (Å²) < 4.78 is 17.8. The first-order chi connectivity index (χ1) is 52.3. The van der Waals surface area contributed by atoms with E-state index in [9.17, 15) is 0 Å². The van der Waals surface area contributed by atoms with Crippen molar-refractivity contribution in [1.82, 2.24) is 0 Å². The first-order valence-corrected chi connectivity index (χ1v) is 37.4. The van der Waals surface area contributed by atoms with E-state index in [1.165, 1.54) is 88.2 Å². The van der Waals surface area contributed by atoms with Crippen LogP contribution < -0.4 is 0 Å². The molecule has 0 aliphatic heterocycles. The van der Waals surface area contributed by atoms with Crippen molar-refractivity contribution in [2.45, 2.75) is 186 Å². The molecule has 4 aliphatic rings. The Balaban J connectivity index is 0.000000165. The quantitative estimate of drug-likeness (QED) is 0.156. The molecule has 0 heterocycles. The van der Waals surface area contributed by atoms with Crippen molar-refractivity contribution in [1.29, 1.82) is 0 Å². The van der Waals surface area contributed by atoms with Gasteiger partial charge in [-0.3, -0.25) is 0 Å². The number of nitrogens with zero attached hydrogens (tertiary/aromatic N) is 4. The minimum Gasteiger partial charge on any atom is -0.101 e. The van der Waals surface area contributed by atoms with E-state index in [1.807, 2.05) is 143 Å². The van der Waals surface area contributed by atoms with Gasteiger partial charge in [-0.1, -0.05) is 247 Å². The van der Waals surface area contributed by atoms with E-state index < -0.39 is 11.8 Å². The Kier molecular flexibility index (Phi) is 29.7. The maximum Gasteiger partial charge on any atom is 0.311 e. The van der Waals surface area contributed by atoms with Crippen molar-refractivity contribution in [2.75, 3.05) is 28.2 Å². The van der Waals surface area contributed by atoms with Gasteiger partial charge in [0.1, 0.15) is 22.3 Å². The van der Waals surface area contributed by atoms with Gasteiger partial charge >= 0.3 is 24.3 Å². The van der Waals surface area contributed by atoms with Crippen LogP contribution in [0.15, 0.2) is 170 Å². The molecule has 0 atom stereocenters. The van der Waals surface area contributed by atoms with E-state index in [4.69, 9.17) is 2.74 Å². The summed E-state index contributed by atoms with van der Waals surface area (Å²) in [5, 5.41) is 0. The van der Waals surface area contributed by atoms with Gasteiger partial charge in [0.25, 0.3) is 28.2 Å². The molecule has 105 heavy (non-hydrogen) atoms. The van der Waals surface area contributed by atoms with Crippen molar-refractivity contribution in [2.24, 2.45) is 0 Å². The predicted molar refractivity (Wildman–Crippen MR) is 443 cm³/mol. The second-order valence-corrected chi connectivity index (χ2v) is 26.9. The molecule has 4 nitrogen and oxygen atoms in total. The van der Waals surface area contributed by atoms with Gasteiger partial charge in [0.15, 0.2) is 0 Å². The molecular formula is C101H98N4+4. The SMILES string of the molecule is CC#Cc1cc(C2CCCCC2)ccc1C#Cc1ccccc1C#[N+]C.CC#Cc1ccccc1C#Cc1ccc(C2(C)CCCCC2)cc1C#[N+]C.[2H]C1(c2ccc(C#CC)c(C#Cc3ccccc3C#[N+]C)c2)CCCCC1.[2H]C1(c2ccc(C#[N+]C)c(C#Cc3ccccc3C#CC)c2)CCCCC1. The fourth-order valence-electron chi connectivity index (χ4n) is 14.0. The molecule has 0 amide bonds. The molecule has 12 rings (SSSR count). The normalized spacial score (nSPS) is 14.6. The minimum absolute atomic E-state index is 0.262. The second kappa shape index (κ2) is 42.0. The molecule has 0 spiro atoms. The number of hydrogen-bond donors (Lipinski definition) is 0. The van der Waals surface area contributed by atoms with Crippen LogP contribution in [-0.2, 0) is 5.41 Å². The van der Waals surface area contributed by atoms with Crippen LogP contribution in [0.5, 0.6) is 0 Å². The molecule has 4 fully saturated rings. The molecule has 0 radical (unpaired) electrons. The van der Waals surface area contributed by atoms with Gasteiger partial charge in [-0.25, -0.2) is 0 Å². The molecular weight excluding hydrogens is 1270 g/mol. The summed E-state index contributed by atoms with van der Waals surface area (Å²) in [7, 11) is 6.91. The van der Waals surface area contributed by atoms with Crippen LogP contribution >= 0.6 is 0 Å². The smallest absolute Gasteiger partial charge is 0.101 e. The zero-order valence-corrected chi connectivity index (χ0v) is 63.2. The standard InChI is InChI=1S/C26H26N.3C25H24N/c1-4-10-21-11-6-7-12-22(21)13-14-23-15-16-25(19-24(23)20-27-3)26(2)17-8-5-9-18-26;1-3-9-20-14-16-24(21-10-5-4-6-11-21)18-23(20)17-15-22-12-7-8-13-25(22)19-26-2;1-3-9-23-18-24(20-10-5-4-6-11-20)17-16-22(23)15-14-21-12-7-8-13-25(21)19-26-2;1-3-9-20-12-7-8-13-22(20)14-15-24-18-23(16-17-25(24)19-26-2)21-10-5-4-6-11-21/h6-7,11-12,15-16,19H,5,8-9,17-18H2,1-3H3;7-8,12-14,16,18,21H,4-6,10-11H2,1-2H3;7-8,12-13,16-18,20H,4-6,10-11H2,1-2H3;7-8,12-13,16-18,21H,4-6,10-11H2,1-2H3/q4*+1/i;21D;;21D. The van der Waals surface area contributed by atoms with Crippen LogP contribution in [0.1, 0.15) is 295 Å². The zero-order chi connectivity index (χ0) is 75.5. The van der Waals surface area contributed by atoms with Gasteiger partial charge in [0.05, 0.1) is 0 Å². The van der Waals surface area contributed by atoms with Gasteiger partial charge in [-0.05, 0) is 221 Å². The second-order valence-electron chi connectivity index (χ2n) is 26.9. The highest BCUT2D eigenvalue weighted by Gasteiger charge is 2.30. The molecule has 518 valence electrons. The van der Waals surface area contributed by atoms with Crippen LogP contribution in [0.2, 0.25) is 0 Å². The summed E-state index contributed by atoms with van der Waals surface area (Å²) in [5.41, 5.74) is 20.1. The van der Waals surface area contributed by atoms with Crippen LogP contribution in [-0.4, -0.2) is 28.2 Å². The lowest BCUT2D eigenvalue weighted by atomic mass is 9.70. The molecule has 0 aromatic heterocycles. The van der Waals surface area contributed by atoms with Gasteiger partial charge < -0.3 is 0 Å². The zero-order valence-electron chi connectivity index (χ0n) is 65.2. The Morgan fingerprint density at radius 1 is 0.276 bits per heavy atom. The van der Waals surface area contributed by atoms with Crippen LogP contribution in [0, 0.1) is 119 Å². The predicted octanol–water partition coefficient (Wildman–Crippen LogP) is 23.4. The summed E-state index contributed by atoms with van der Waals surface area (Å²) >= 11 is 0. The fourth-order valence-corrected chi connectivity index (χ4v) is 14.0. The topological polar surface area (TPSA) is 17.4 Å². The first-order valence-electron chi connectivity index (χ1n) is 38.4. The van der Waals surface area contributed by atoms with Crippen molar-refractivity contribution in [3.05, 3.63) is 301 Å². The molecule has 8 aromatic carbocycles. The first kappa shape index (κ1) is 74.4. The average Bonchev–Trinajstić information content (AvgIpc) is 0.816. The highest BCUT2D eigenvalue weighted by molar-refractivity contribution is 5.62. The highest BCUT2D eigenvalue weighted by atomic mass is 14.6. The summed E-state index contributed by atoms with van der Waals surface area (Å²) in [5.74, 6) is 50.5. The minimum atomic E-state index is -0.498. The Bertz CT molecular complexity index is 5150. The highest BCUT2D eigenvalue weighted by Crippen LogP contribution is 2.40. The summed E-state index contributed by atoms with van der Waals surface area (Å²) in [6, 6.07) is 69.4. The third-order valence-corrected chi connectivity index (χ3v) is 19.6. The van der Waals surface area contributed by atoms with E-state index in [0.717, 1.165) is 152 Å². The monoisotopic (exact) mass is 1370 g/mol. The molecule has 0 saturated heterocycles. The largest absolute Gasteiger partial charge is 0.311 e. The number of benzene rings is 8. The van der Waals surface area contributed by atoms with E-state index >= 15 is 0 Å². The van der Waals surface area contributed by atoms with Crippen molar-refractivity contribution in [3.63, 3.8) is 0 Å².